The molecule has 0 aliphatic heterocycles. The van der Waals surface area contributed by atoms with E-state index in [-0.39, 0.29) is 0 Å². The molecule has 0 spiro atoms. The van der Waals surface area contributed by atoms with E-state index in [1.165, 1.54) is 38.5 Å². The van der Waals surface area contributed by atoms with Gasteiger partial charge in [-0.2, -0.15) is 0 Å². The molecule has 0 N–H and O–H groups in total. The fraction of sp³-hybridized carbons (Fsp3) is 1.00. The lowest BCUT2D eigenvalue weighted by molar-refractivity contribution is 0.0509. The van der Waals surface area contributed by atoms with Crippen LogP contribution in [0.1, 0.15) is 93.9 Å². The Morgan fingerprint density at radius 2 is 1.00 bits per heavy atom. The van der Waals surface area contributed by atoms with Gasteiger partial charge in [-0.15, -0.1) is 0 Å². The molecule has 0 aromatic rings. The molecule has 0 rings (SSSR count). The zero-order chi connectivity index (χ0) is 13.7. The second-order valence-electron chi connectivity index (χ2n) is 7.17. The average Bonchev–Trinajstić information content (AvgIpc) is 2.34. The predicted octanol–water partition coefficient (Wildman–Crippen LogP) is 6.45. The van der Waals surface area contributed by atoms with Crippen LogP contribution in [0.25, 0.3) is 0 Å². The zero-order valence-corrected chi connectivity index (χ0v) is 13.7. The highest BCUT2D eigenvalue weighted by Crippen LogP contribution is 2.49. The van der Waals surface area contributed by atoms with Crippen LogP contribution < -0.4 is 0 Å². The normalized spacial score (nSPS) is 14.1. The smallest absolute Gasteiger partial charge is 0.0280 e. The summed E-state index contributed by atoms with van der Waals surface area (Å²) < 4.78 is 0. The van der Waals surface area contributed by atoms with E-state index in [1.807, 2.05) is 0 Å². The summed E-state index contributed by atoms with van der Waals surface area (Å²) in [6.45, 7) is 19.3. The largest absolute Gasteiger partial charge is 0.0649 e. The third kappa shape index (κ3) is 4.00. The first-order valence-corrected chi connectivity index (χ1v) is 7.70. The van der Waals surface area contributed by atoms with Crippen molar-refractivity contribution in [2.45, 2.75) is 93.9 Å². The molecule has 0 aliphatic rings. The van der Waals surface area contributed by atoms with Crippen molar-refractivity contribution in [3.63, 3.8) is 0 Å². The van der Waals surface area contributed by atoms with Crippen molar-refractivity contribution >= 4 is 0 Å². The quantitative estimate of drug-likeness (QED) is 0.457. The van der Waals surface area contributed by atoms with Gasteiger partial charge in [-0.1, -0.05) is 81.1 Å². The molecular formula is C17H36. The number of hydrogen-bond acceptors (Lipinski definition) is 0. The Morgan fingerprint density at radius 1 is 0.588 bits per heavy atom. The maximum absolute atomic E-state index is 2.48. The highest BCUT2D eigenvalue weighted by atomic mass is 14.4. The first-order valence-electron chi connectivity index (χ1n) is 7.70. The first kappa shape index (κ1) is 17.0. The van der Waals surface area contributed by atoms with E-state index in [2.05, 4.69) is 55.4 Å². The predicted molar refractivity (Wildman–Crippen MR) is 80.4 cm³/mol. The Hall–Kier alpha value is 0. The minimum atomic E-state index is 0.460. The second kappa shape index (κ2) is 6.25. The van der Waals surface area contributed by atoms with Gasteiger partial charge in [0.05, 0.1) is 0 Å². The molecule has 0 saturated carbocycles. The molecule has 0 unspecified atom stereocenters. The fourth-order valence-corrected chi connectivity index (χ4v) is 2.73. The lowest BCUT2D eigenvalue weighted by Crippen LogP contribution is -2.35. The molecule has 0 heteroatoms. The topological polar surface area (TPSA) is 0 Å². The van der Waals surface area contributed by atoms with Crippen molar-refractivity contribution in [2.75, 3.05) is 0 Å². The van der Waals surface area contributed by atoms with Crippen LogP contribution in [0.15, 0.2) is 0 Å². The molecule has 0 aliphatic carbocycles. The minimum absolute atomic E-state index is 0.460. The second-order valence-corrected chi connectivity index (χ2v) is 7.17. The van der Waals surface area contributed by atoms with Crippen LogP contribution in [0.2, 0.25) is 0 Å². The Labute approximate surface area is 111 Å². The van der Waals surface area contributed by atoms with E-state index in [4.69, 9.17) is 0 Å². The summed E-state index contributed by atoms with van der Waals surface area (Å²) in [5.74, 6) is 0. The molecule has 0 radical (unpaired) electrons. The molecule has 0 atom stereocenters. The van der Waals surface area contributed by atoms with E-state index in [0.717, 1.165) is 0 Å². The summed E-state index contributed by atoms with van der Waals surface area (Å²) in [5.41, 5.74) is 1.51. The molecule has 0 amide bonds. The third-order valence-electron chi connectivity index (χ3n) is 6.26. The van der Waals surface area contributed by atoms with Crippen molar-refractivity contribution < 1.29 is 0 Å². The van der Waals surface area contributed by atoms with Gasteiger partial charge >= 0.3 is 0 Å². The van der Waals surface area contributed by atoms with Gasteiger partial charge in [-0.05, 0) is 29.1 Å². The van der Waals surface area contributed by atoms with Gasteiger partial charge in [-0.25, -0.2) is 0 Å². The molecule has 0 nitrogen and oxygen atoms in total. The summed E-state index contributed by atoms with van der Waals surface area (Å²) in [4.78, 5) is 0. The summed E-state index contributed by atoms with van der Waals surface area (Å²) in [6, 6.07) is 0. The van der Waals surface area contributed by atoms with Gasteiger partial charge in [-0.3, -0.25) is 0 Å². The van der Waals surface area contributed by atoms with Gasteiger partial charge < -0.3 is 0 Å². The Morgan fingerprint density at radius 3 is 1.29 bits per heavy atom. The Balaban J connectivity index is 4.65. The molecular weight excluding hydrogens is 204 g/mol. The molecule has 17 heavy (non-hydrogen) atoms. The molecule has 0 aromatic heterocycles. The minimum Gasteiger partial charge on any atom is -0.0649 e. The summed E-state index contributed by atoms with van der Waals surface area (Å²) in [7, 11) is 0. The van der Waals surface area contributed by atoms with Crippen molar-refractivity contribution in [3.8, 4) is 0 Å². The van der Waals surface area contributed by atoms with Crippen LogP contribution in [-0.2, 0) is 0 Å². The molecule has 0 bridgehead atoms. The zero-order valence-electron chi connectivity index (χ0n) is 13.7. The monoisotopic (exact) mass is 240 g/mol. The van der Waals surface area contributed by atoms with E-state index in [1.54, 1.807) is 0 Å². The molecule has 104 valence electrons. The Bertz CT molecular complexity index is 204. The van der Waals surface area contributed by atoms with Crippen LogP contribution in [0.4, 0.5) is 0 Å². The SMILES string of the molecule is CCC(C)(CC)CCC(C)(C)C(C)(CC)CC. The van der Waals surface area contributed by atoms with Crippen LogP contribution in [0, 0.1) is 16.2 Å². The van der Waals surface area contributed by atoms with Gasteiger partial charge in [0.15, 0.2) is 0 Å². The molecule has 0 saturated heterocycles. The van der Waals surface area contributed by atoms with Gasteiger partial charge in [0.25, 0.3) is 0 Å². The number of rotatable bonds is 8. The summed E-state index contributed by atoms with van der Waals surface area (Å²) in [5, 5.41) is 0. The molecule has 0 fully saturated rings. The maximum atomic E-state index is 2.48. The lowest BCUT2D eigenvalue weighted by atomic mass is 9.60. The van der Waals surface area contributed by atoms with Crippen LogP contribution in [0.5, 0.6) is 0 Å². The number of hydrogen-bond donors (Lipinski definition) is 0. The van der Waals surface area contributed by atoms with E-state index in [9.17, 15) is 0 Å². The van der Waals surface area contributed by atoms with Crippen molar-refractivity contribution in [1.82, 2.24) is 0 Å². The van der Waals surface area contributed by atoms with Crippen molar-refractivity contribution in [1.29, 1.82) is 0 Å². The van der Waals surface area contributed by atoms with Gasteiger partial charge in [0, 0.05) is 0 Å². The van der Waals surface area contributed by atoms with Gasteiger partial charge in [0.2, 0.25) is 0 Å². The summed E-state index contributed by atoms with van der Waals surface area (Å²) in [6.07, 6.45) is 7.96. The maximum Gasteiger partial charge on any atom is -0.0280 e. The Kier molecular flexibility index (Phi) is 6.25. The average molecular weight is 240 g/mol. The van der Waals surface area contributed by atoms with Crippen LogP contribution in [-0.4, -0.2) is 0 Å². The highest BCUT2D eigenvalue weighted by Gasteiger charge is 2.38. The van der Waals surface area contributed by atoms with Crippen LogP contribution in [0.3, 0.4) is 0 Å². The third-order valence-corrected chi connectivity index (χ3v) is 6.26. The van der Waals surface area contributed by atoms with E-state index >= 15 is 0 Å². The van der Waals surface area contributed by atoms with Gasteiger partial charge in [0.1, 0.15) is 0 Å². The van der Waals surface area contributed by atoms with Crippen molar-refractivity contribution in [2.24, 2.45) is 16.2 Å². The van der Waals surface area contributed by atoms with E-state index in [0.29, 0.717) is 16.2 Å². The lowest BCUT2D eigenvalue weighted by Gasteiger charge is -2.45. The fourth-order valence-electron chi connectivity index (χ4n) is 2.73. The first-order chi connectivity index (χ1) is 7.70. The summed E-state index contributed by atoms with van der Waals surface area (Å²) >= 11 is 0. The standard InChI is InChI=1S/C17H36/c1-9-16(7,10-2)14-13-15(5,6)17(8,11-3)12-4/h9-14H2,1-8H3. The van der Waals surface area contributed by atoms with E-state index < -0.39 is 0 Å². The molecule has 0 heterocycles. The highest BCUT2D eigenvalue weighted by molar-refractivity contribution is 4.89. The van der Waals surface area contributed by atoms with Crippen LogP contribution >= 0.6 is 0 Å². The molecule has 0 aromatic carbocycles. The van der Waals surface area contributed by atoms with Crippen molar-refractivity contribution in [3.05, 3.63) is 0 Å².